The minimum atomic E-state index is -4.65. The number of anilines is 1. The van der Waals surface area contributed by atoms with Gasteiger partial charge in [0.15, 0.2) is 0 Å². The molecule has 0 bridgehead atoms. The van der Waals surface area contributed by atoms with E-state index in [2.05, 4.69) is 4.74 Å². The third kappa shape index (κ3) is 4.28. The summed E-state index contributed by atoms with van der Waals surface area (Å²) in [6.45, 7) is 4.15. The fraction of sp³-hybridized carbons (Fsp3) is 0.280. The van der Waals surface area contributed by atoms with E-state index in [-0.39, 0.29) is 22.7 Å². The zero-order valence-corrected chi connectivity index (χ0v) is 20.2. The van der Waals surface area contributed by atoms with E-state index in [1.54, 1.807) is 27.0 Å². The second-order valence-corrected chi connectivity index (χ2v) is 9.18. The van der Waals surface area contributed by atoms with Crippen molar-refractivity contribution in [3.63, 3.8) is 0 Å². The summed E-state index contributed by atoms with van der Waals surface area (Å²) in [5, 5.41) is 9.09. The molecule has 0 radical (unpaired) electrons. The molecule has 1 aromatic heterocycles. The second kappa shape index (κ2) is 8.64. The Bertz CT molecular complexity index is 1570. The van der Waals surface area contributed by atoms with Crippen LogP contribution in [-0.4, -0.2) is 33.4 Å². The number of nitrogens with zero attached hydrogens (tertiary/aromatic N) is 3. The molecule has 0 saturated heterocycles. The van der Waals surface area contributed by atoms with E-state index in [9.17, 15) is 32.3 Å². The molecule has 9 nitrogen and oxygen atoms in total. The molecule has 0 fully saturated rings. The first-order valence-electron chi connectivity index (χ1n) is 11.0. The number of ether oxygens (including phenoxy) is 1. The van der Waals surface area contributed by atoms with Crippen LogP contribution in [0.4, 0.5) is 23.7 Å². The Hall–Kier alpha value is -4.35. The number of carbonyl (C=O) groups excluding carboxylic acids is 1. The monoisotopic (exact) mass is 517 g/mol. The molecule has 3 aromatic rings. The molecular weight excluding hydrogens is 495 g/mol. The lowest BCUT2D eigenvalue weighted by Crippen LogP contribution is -2.40. The van der Waals surface area contributed by atoms with Crippen LogP contribution in [0, 0.1) is 6.92 Å². The first kappa shape index (κ1) is 25.7. The normalized spacial score (nSPS) is 14.6. The van der Waals surface area contributed by atoms with Crippen molar-refractivity contribution in [2.24, 2.45) is 0 Å². The second-order valence-electron chi connectivity index (χ2n) is 9.18. The minimum Gasteiger partial charge on any atom is -0.449 e. The van der Waals surface area contributed by atoms with Crippen LogP contribution < -0.4 is 20.9 Å². The standard InChI is InChI=1S/C25H22F3N3O6/c1-13-14(6-5-7-16(13)25(26,27)28)11-31-20(32)19(37-23(35)36)12-30(22(31)34)15-8-9-17-18(10-15)29(4)21(33)24(17,2)3/h5-10,12H,11H2,1-4H3,(H,35,36). The molecule has 4 rings (SSSR count). The van der Waals surface area contributed by atoms with Crippen molar-refractivity contribution in [2.45, 2.75) is 38.9 Å². The average Bonchev–Trinajstić information content (AvgIpc) is 2.98. The summed E-state index contributed by atoms with van der Waals surface area (Å²) in [4.78, 5) is 51.7. The molecule has 1 N–H and O–H groups in total. The van der Waals surface area contributed by atoms with Crippen molar-refractivity contribution in [2.75, 3.05) is 11.9 Å². The Balaban J connectivity index is 1.92. The number of hydrogen-bond acceptors (Lipinski definition) is 5. The van der Waals surface area contributed by atoms with Crippen LogP contribution in [0.2, 0.25) is 0 Å². The molecule has 0 saturated carbocycles. The summed E-state index contributed by atoms with van der Waals surface area (Å²) in [6.07, 6.45) is -5.57. The zero-order valence-electron chi connectivity index (χ0n) is 20.2. The van der Waals surface area contributed by atoms with Gasteiger partial charge in [0, 0.05) is 12.7 Å². The van der Waals surface area contributed by atoms with E-state index in [1.165, 1.54) is 30.0 Å². The van der Waals surface area contributed by atoms with Crippen LogP contribution in [-0.2, 0) is 22.9 Å². The van der Waals surface area contributed by atoms with Gasteiger partial charge in [0.25, 0.3) is 5.56 Å². The van der Waals surface area contributed by atoms with Crippen molar-refractivity contribution in [3.05, 3.63) is 85.7 Å². The SMILES string of the molecule is Cc1c(Cn2c(=O)c(OC(=O)O)cn(-c3ccc4c(c3)N(C)C(=O)C4(C)C)c2=O)cccc1C(F)(F)F. The van der Waals surface area contributed by atoms with Crippen LogP contribution in [0.15, 0.2) is 52.2 Å². The number of hydrogen-bond donors (Lipinski definition) is 1. The van der Waals surface area contributed by atoms with Gasteiger partial charge in [-0.1, -0.05) is 18.2 Å². The molecule has 2 aromatic carbocycles. The Morgan fingerprint density at radius 2 is 1.78 bits per heavy atom. The number of likely N-dealkylation sites (N-methyl/N-ethyl adjacent to an activating group) is 1. The summed E-state index contributed by atoms with van der Waals surface area (Å²) < 4.78 is 46.3. The molecule has 12 heteroatoms. The number of benzene rings is 2. The van der Waals surface area contributed by atoms with Gasteiger partial charge in [0.05, 0.1) is 29.4 Å². The van der Waals surface area contributed by atoms with Crippen molar-refractivity contribution in [3.8, 4) is 11.4 Å². The number of carbonyl (C=O) groups is 2. The zero-order chi connectivity index (χ0) is 27.4. The number of halogens is 3. The summed E-state index contributed by atoms with van der Waals surface area (Å²) in [5.41, 5.74) is -2.56. The highest BCUT2D eigenvalue weighted by atomic mass is 19.4. The van der Waals surface area contributed by atoms with Gasteiger partial charge in [0.2, 0.25) is 11.7 Å². The third-order valence-electron chi connectivity index (χ3n) is 6.55. The lowest BCUT2D eigenvalue weighted by molar-refractivity contribution is -0.138. The summed E-state index contributed by atoms with van der Waals surface area (Å²) in [6, 6.07) is 8.06. The molecule has 37 heavy (non-hydrogen) atoms. The number of fused-ring (bicyclic) bond motifs is 1. The van der Waals surface area contributed by atoms with Crippen molar-refractivity contribution < 1.29 is 32.6 Å². The van der Waals surface area contributed by atoms with Crippen molar-refractivity contribution >= 4 is 17.7 Å². The van der Waals surface area contributed by atoms with E-state index < -0.39 is 46.9 Å². The van der Waals surface area contributed by atoms with E-state index in [4.69, 9.17) is 5.11 Å². The Kier molecular flexibility index (Phi) is 6.01. The van der Waals surface area contributed by atoms with E-state index >= 15 is 0 Å². The molecular formula is C25H22F3N3O6. The molecule has 0 unspecified atom stereocenters. The Labute approximate surface area is 207 Å². The minimum absolute atomic E-state index is 0.0362. The van der Waals surface area contributed by atoms with Crippen molar-refractivity contribution in [1.82, 2.24) is 9.13 Å². The molecule has 0 aliphatic carbocycles. The summed E-state index contributed by atoms with van der Waals surface area (Å²) in [7, 11) is 1.57. The van der Waals surface area contributed by atoms with Gasteiger partial charge in [0.1, 0.15) is 0 Å². The third-order valence-corrected chi connectivity index (χ3v) is 6.55. The highest BCUT2D eigenvalue weighted by Gasteiger charge is 2.42. The molecule has 1 aliphatic rings. The van der Waals surface area contributed by atoms with Gasteiger partial charge in [-0.05, 0) is 55.7 Å². The van der Waals surface area contributed by atoms with Gasteiger partial charge >= 0.3 is 18.0 Å². The Morgan fingerprint density at radius 3 is 2.41 bits per heavy atom. The maximum Gasteiger partial charge on any atom is 0.511 e. The number of amides is 1. The predicted octanol–water partition coefficient (Wildman–Crippen LogP) is 3.69. The molecule has 1 aliphatic heterocycles. The number of rotatable bonds is 4. The van der Waals surface area contributed by atoms with Crippen LogP contribution >= 0.6 is 0 Å². The molecule has 0 atom stereocenters. The molecule has 194 valence electrons. The largest absolute Gasteiger partial charge is 0.511 e. The van der Waals surface area contributed by atoms with Crippen LogP contribution in [0.3, 0.4) is 0 Å². The average molecular weight is 517 g/mol. The van der Waals surface area contributed by atoms with E-state index in [1.807, 2.05) is 0 Å². The first-order chi connectivity index (χ1) is 17.1. The van der Waals surface area contributed by atoms with Gasteiger partial charge in [-0.25, -0.2) is 9.59 Å². The smallest absolute Gasteiger partial charge is 0.449 e. The molecule has 1 amide bonds. The fourth-order valence-electron chi connectivity index (χ4n) is 4.52. The lowest BCUT2D eigenvalue weighted by Gasteiger charge is -2.17. The molecule has 0 spiro atoms. The predicted molar refractivity (Wildman–Crippen MR) is 127 cm³/mol. The van der Waals surface area contributed by atoms with Gasteiger partial charge in [-0.15, -0.1) is 0 Å². The van der Waals surface area contributed by atoms with E-state index in [0.717, 1.165) is 22.9 Å². The summed E-state index contributed by atoms with van der Waals surface area (Å²) in [5.74, 6) is -0.895. The van der Waals surface area contributed by atoms with Gasteiger partial charge < -0.3 is 14.7 Å². The number of carboxylic acid groups (broad SMARTS) is 1. The number of alkyl halides is 3. The topological polar surface area (TPSA) is 111 Å². The fourth-order valence-corrected chi connectivity index (χ4v) is 4.52. The van der Waals surface area contributed by atoms with Crippen molar-refractivity contribution in [1.29, 1.82) is 0 Å². The highest BCUT2D eigenvalue weighted by Crippen LogP contribution is 2.41. The van der Waals surface area contributed by atoms with Crippen LogP contribution in [0.1, 0.15) is 36.1 Å². The maximum atomic E-state index is 13.4. The maximum absolute atomic E-state index is 13.4. The quantitative estimate of drug-likeness (QED) is 0.529. The van der Waals surface area contributed by atoms with Crippen LogP contribution in [0.5, 0.6) is 5.75 Å². The van der Waals surface area contributed by atoms with Crippen LogP contribution in [0.25, 0.3) is 5.69 Å². The van der Waals surface area contributed by atoms with Gasteiger partial charge in [-0.2, -0.15) is 13.2 Å². The summed E-state index contributed by atoms with van der Waals surface area (Å²) >= 11 is 0. The number of aromatic nitrogens is 2. The first-order valence-corrected chi connectivity index (χ1v) is 11.0. The van der Waals surface area contributed by atoms with Gasteiger partial charge in [-0.3, -0.25) is 18.7 Å². The molecule has 2 heterocycles. The van der Waals surface area contributed by atoms with E-state index in [0.29, 0.717) is 15.8 Å². The Morgan fingerprint density at radius 1 is 1.11 bits per heavy atom. The highest BCUT2D eigenvalue weighted by molar-refractivity contribution is 6.07. The lowest BCUT2D eigenvalue weighted by atomic mass is 9.86.